The number of aromatic amines is 1. The van der Waals surface area contributed by atoms with Crippen LogP contribution in [0.1, 0.15) is 45.7 Å². The van der Waals surface area contributed by atoms with E-state index in [9.17, 15) is 52.7 Å². The topological polar surface area (TPSA) is 111 Å². The van der Waals surface area contributed by atoms with Crippen molar-refractivity contribution in [2.75, 3.05) is 13.2 Å². The van der Waals surface area contributed by atoms with Crippen molar-refractivity contribution in [1.82, 2.24) is 15.2 Å². The number of nitrogens with one attached hydrogen (secondary N) is 1. The van der Waals surface area contributed by atoms with Gasteiger partial charge in [0.2, 0.25) is 20.1 Å². The van der Waals surface area contributed by atoms with Gasteiger partial charge in [-0.25, -0.2) is 18.2 Å². The number of hydrogen-bond donors (Lipinski definition) is 1. The Balaban J connectivity index is 2.65. The molecular formula is C15H12F9N3O5S2. The van der Waals surface area contributed by atoms with Crippen LogP contribution in [-0.2, 0) is 26.9 Å². The van der Waals surface area contributed by atoms with Gasteiger partial charge in [0, 0.05) is 0 Å². The van der Waals surface area contributed by atoms with E-state index in [0.717, 1.165) is 0 Å². The van der Waals surface area contributed by atoms with Gasteiger partial charge >= 0.3 is 24.5 Å². The van der Waals surface area contributed by atoms with Gasteiger partial charge in [0.05, 0.1) is 17.4 Å². The Kier molecular flexibility index (Phi) is 7.51. The molecule has 0 aliphatic carbocycles. The van der Waals surface area contributed by atoms with Gasteiger partial charge < -0.3 is 9.47 Å². The molecule has 8 nitrogen and oxygen atoms in total. The number of carbonyl (C=O) groups excluding carboxylic acids is 1. The van der Waals surface area contributed by atoms with Crippen LogP contribution in [0.2, 0.25) is 0 Å². The Labute approximate surface area is 188 Å². The van der Waals surface area contributed by atoms with Crippen LogP contribution in [0.4, 0.5) is 39.5 Å². The number of aromatic nitrogens is 3. The summed E-state index contributed by atoms with van der Waals surface area (Å²) in [6.45, 7) is -0.742. The molecule has 0 aliphatic rings. The van der Waals surface area contributed by atoms with Crippen molar-refractivity contribution in [2.45, 2.75) is 42.0 Å². The zero-order chi connectivity index (χ0) is 26.3. The molecule has 2 heterocycles. The second-order valence-corrected chi connectivity index (χ2v) is 9.72. The maximum Gasteiger partial charge on any atom is 0.435 e. The molecule has 0 aromatic carbocycles. The maximum atomic E-state index is 13.3. The summed E-state index contributed by atoms with van der Waals surface area (Å²) < 4.78 is 150. The van der Waals surface area contributed by atoms with E-state index in [-0.39, 0.29) is 11.3 Å². The molecule has 2 aromatic heterocycles. The molecule has 0 amide bonds. The van der Waals surface area contributed by atoms with E-state index in [1.165, 1.54) is 12.0 Å². The zero-order valence-electron chi connectivity index (χ0n) is 16.6. The maximum absolute atomic E-state index is 13.3. The van der Waals surface area contributed by atoms with Gasteiger partial charge in [-0.15, -0.1) is 5.10 Å². The number of hydrogen-bond acceptors (Lipinski definition) is 8. The lowest BCUT2D eigenvalue weighted by Gasteiger charge is -2.15. The Morgan fingerprint density at radius 3 is 2.15 bits per heavy atom. The number of ether oxygens (including phenoxy) is 2. The average Bonchev–Trinajstić information content (AvgIpc) is 3.29. The van der Waals surface area contributed by atoms with Crippen molar-refractivity contribution in [3.63, 3.8) is 0 Å². The van der Waals surface area contributed by atoms with E-state index < -0.39 is 84.8 Å². The molecule has 1 N–H and O–H groups in total. The molecule has 34 heavy (non-hydrogen) atoms. The third-order valence-electron chi connectivity index (χ3n) is 3.88. The normalized spacial score (nSPS) is 14.2. The van der Waals surface area contributed by atoms with Crippen LogP contribution < -0.4 is 4.74 Å². The molecule has 19 heteroatoms. The van der Waals surface area contributed by atoms with Gasteiger partial charge in [-0.05, 0) is 13.8 Å². The Morgan fingerprint density at radius 1 is 1.09 bits per heavy atom. The molecule has 0 saturated heterocycles. The first-order valence-electron chi connectivity index (χ1n) is 8.64. The lowest BCUT2D eigenvalue weighted by atomic mass is 10.2. The number of rotatable bonds is 7. The van der Waals surface area contributed by atoms with Crippen LogP contribution >= 0.6 is 11.3 Å². The van der Waals surface area contributed by atoms with Gasteiger partial charge in [0.15, 0.2) is 12.3 Å². The number of H-pyrrole nitrogens is 1. The van der Waals surface area contributed by atoms with Crippen molar-refractivity contribution < 1.29 is 62.2 Å². The van der Waals surface area contributed by atoms with E-state index in [1.807, 2.05) is 0 Å². The van der Waals surface area contributed by atoms with Crippen LogP contribution in [-0.4, -0.2) is 49.0 Å². The zero-order valence-corrected chi connectivity index (χ0v) is 18.3. The van der Waals surface area contributed by atoms with E-state index in [0.29, 0.717) is 6.92 Å². The van der Waals surface area contributed by atoms with Gasteiger partial charge in [-0.2, -0.15) is 39.5 Å². The summed E-state index contributed by atoms with van der Waals surface area (Å²) in [4.78, 5) is 13.4. The first-order valence-corrected chi connectivity index (χ1v) is 11.0. The summed E-state index contributed by atoms with van der Waals surface area (Å²) in [5, 5.41) is 1.80. The average molecular weight is 549 g/mol. The highest BCUT2D eigenvalue weighted by atomic mass is 32.2. The van der Waals surface area contributed by atoms with Gasteiger partial charge in [0.1, 0.15) is 10.6 Å². The van der Waals surface area contributed by atoms with E-state index in [2.05, 4.69) is 19.6 Å². The molecule has 192 valence electrons. The first kappa shape index (κ1) is 27.7. The number of alkyl halides is 9. The van der Waals surface area contributed by atoms with Crippen molar-refractivity contribution >= 4 is 27.1 Å². The number of thiazole rings is 1. The Hall–Kier alpha value is -2.57. The molecule has 0 fully saturated rings. The highest BCUT2D eigenvalue weighted by molar-refractivity contribution is 7.93. The fourth-order valence-electron chi connectivity index (χ4n) is 2.44. The van der Waals surface area contributed by atoms with Crippen molar-refractivity contribution in [3.8, 4) is 5.88 Å². The molecule has 0 spiro atoms. The summed E-state index contributed by atoms with van der Waals surface area (Å²) in [7, 11) is -5.25. The highest BCUT2D eigenvalue weighted by Crippen LogP contribution is 2.44. The fourth-order valence-corrected chi connectivity index (χ4v) is 5.35. The second-order valence-electron chi connectivity index (χ2n) is 6.28. The Bertz CT molecular complexity index is 1150. The fraction of sp³-hybridized carbons (Fsp3) is 0.533. The SMILES string of the molecule is CCOC(=O)c1sc(S(=O)(=O)C(C)c2c(OCC(F)(F)F)n[nH]c2C(F)(F)F)nc1C(F)(F)F. The van der Waals surface area contributed by atoms with Crippen LogP contribution in [0.25, 0.3) is 0 Å². The lowest BCUT2D eigenvalue weighted by Crippen LogP contribution is -2.21. The number of carbonyl (C=O) groups is 1. The summed E-state index contributed by atoms with van der Waals surface area (Å²) in [6, 6.07) is 0. The summed E-state index contributed by atoms with van der Waals surface area (Å²) in [5.41, 5.74) is -5.28. The molecule has 0 saturated carbocycles. The smallest absolute Gasteiger partial charge is 0.435 e. The molecule has 1 atom stereocenters. The molecule has 1 unspecified atom stereocenters. The van der Waals surface area contributed by atoms with Crippen molar-refractivity contribution in [1.29, 1.82) is 0 Å². The largest absolute Gasteiger partial charge is 0.467 e. The minimum absolute atomic E-state index is 0.322. The van der Waals surface area contributed by atoms with Crippen molar-refractivity contribution in [2.24, 2.45) is 0 Å². The Morgan fingerprint density at radius 2 is 1.68 bits per heavy atom. The molecule has 0 bridgehead atoms. The predicted molar refractivity (Wildman–Crippen MR) is 93.8 cm³/mol. The highest BCUT2D eigenvalue weighted by Gasteiger charge is 2.46. The van der Waals surface area contributed by atoms with Crippen molar-refractivity contribution in [3.05, 3.63) is 21.8 Å². The predicted octanol–water partition coefficient (Wildman–Crippen LogP) is 4.56. The van der Waals surface area contributed by atoms with Crippen LogP contribution in [0, 0.1) is 0 Å². The van der Waals surface area contributed by atoms with Gasteiger partial charge in [0.25, 0.3) is 0 Å². The minimum atomic E-state index is -5.36. The van der Waals surface area contributed by atoms with Gasteiger partial charge in [-0.1, -0.05) is 11.3 Å². The van der Waals surface area contributed by atoms with Crippen LogP contribution in [0.15, 0.2) is 4.34 Å². The third-order valence-corrected chi connectivity index (χ3v) is 7.40. The number of esters is 1. The number of sulfone groups is 1. The summed E-state index contributed by atoms with van der Waals surface area (Å²) in [6.07, 6.45) is -15.7. The molecule has 2 rings (SSSR count). The first-order chi connectivity index (χ1) is 15.3. The molecule has 2 aromatic rings. The molecule has 0 aliphatic heterocycles. The third kappa shape index (κ3) is 5.91. The monoisotopic (exact) mass is 549 g/mol. The van der Waals surface area contributed by atoms with E-state index in [4.69, 9.17) is 0 Å². The lowest BCUT2D eigenvalue weighted by molar-refractivity contribution is -0.154. The molecule has 0 radical (unpaired) electrons. The summed E-state index contributed by atoms with van der Waals surface area (Å²) >= 11 is -0.322. The molecular weight excluding hydrogens is 537 g/mol. The van der Waals surface area contributed by atoms with Gasteiger partial charge in [-0.3, -0.25) is 5.10 Å². The van der Waals surface area contributed by atoms with Crippen LogP contribution in [0.3, 0.4) is 0 Å². The van der Waals surface area contributed by atoms with E-state index >= 15 is 0 Å². The number of halogens is 9. The minimum Gasteiger partial charge on any atom is -0.467 e. The standard InChI is InChI=1S/C15H12F9N3O5S2/c1-3-31-11(28)7-9(15(22,23)24)25-12(33-7)34(29,30)5(2)6-8(14(19,20)21)26-27-10(6)32-4-13(16,17)18/h5H,3-4H2,1-2H3,(H,26,27). The second kappa shape index (κ2) is 9.23. The van der Waals surface area contributed by atoms with E-state index in [1.54, 1.807) is 0 Å². The quantitative estimate of drug-likeness (QED) is 0.398. The number of nitrogens with zero attached hydrogens (tertiary/aromatic N) is 2. The summed E-state index contributed by atoms with van der Waals surface area (Å²) in [5.74, 6) is -2.98. The van der Waals surface area contributed by atoms with Crippen LogP contribution in [0.5, 0.6) is 5.88 Å².